The lowest BCUT2D eigenvalue weighted by Gasteiger charge is -2.14. The quantitative estimate of drug-likeness (QED) is 0.533. The van der Waals surface area contributed by atoms with Crippen molar-refractivity contribution in [2.24, 2.45) is 0 Å². The number of urea groups is 1. The number of nitrogens with zero attached hydrogens (tertiary/aromatic N) is 3. The van der Waals surface area contributed by atoms with Gasteiger partial charge in [0.2, 0.25) is 5.91 Å². The van der Waals surface area contributed by atoms with Crippen LogP contribution in [0.25, 0.3) is 11.4 Å². The summed E-state index contributed by atoms with van der Waals surface area (Å²) in [5.41, 5.74) is 1.71. The number of aromatic nitrogens is 3. The smallest absolute Gasteiger partial charge is 0.321 e. The summed E-state index contributed by atoms with van der Waals surface area (Å²) in [6.07, 6.45) is 0. The molecule has 1 heterocycles. The maximum absolute atomic E-state index is 12.3. The lowest BCUT2D eigenvalue weighted by Crippen LogP contribution is -2.41. The molecule has 2 N–H and O–H groups in total. The topological polar surface area (TPSA) is 88.9 Å². The molecular formula is C20H19Cl2N5O2S. The van der Waals surface area contributed by atoms with Crippen molar-refractivity contribution < 1.29 is 9.59 Å². The lowest BCUT2D eigenvalue weighted by molar-refractivity contribution is -0.119. The minimum atomic E-state index is -0.574. The summed E-state index contributed by atoms with van der Waals surface area (Å²) < 4.78 is 1.89. The first kappa shape index (κ1) is 22.1. The highest BCUT2D eigenvalue weighted by Gasteiger charge is 2.23. The number of hydrogen-bond donors (Lipinski definition) is 2. The molecule has 1 unspecified atom stereocenters. The van der Waals surface area contributed by atoms with E-state index in [1.54, 1.807) is 25.1 Å². The van der Waals surface area contributed by atoms with Crippen LogP contribution in [0.4, 0.5) is 4.79 Å². The first-order valence-corrected chi connectivity index (χ1v) is 10.6. The highest BCUT2D eigenvalue weighted by Crippen LogP contribution is 2.33. The molecular weight excluding hydrogens is 445 g/mol. The van der Waals surface area contributed by atoms with Crippen LogP contribution in [0.5, 0.6) is 0 Å². The molecule has 3 aromatic rings. The fourth-order valence-corrected chi connectivity index (χ4v) is 3.98. The maximum Gasteiger partial charge on any atom is 0.321 e. The fraction of sp³-hybridized carbons (Fsp3) is 0.200. The van der Waals surface area contributed by atoms with Crippen LogP contribution in [0.15, 0.2) is 53.7 Å². The largest absolute Gasteiger partial charge is 0.341 e. The lowest BCUT2D eigenvalue weighted by atomic mass is 10.2. The molecule has 0 bridgehead atoms. The van der Waals surface area contributed by atoms with Gasteiger partial charge in [0.1, 0.15) is 0 Å². The second kappa shape index (κ2) is 9.97. The van der Waals surface area contributed by atoms with Gasteiger partial charge in [-0.25, -0.2) is 4.79 Å². The van der Waals surface area contributed by atoms with Crippen LogP contribution in [-0.4, -0.2) is 39.0 Å². The Kier molecular flexibility index (Phi) is 7.36. The molecule has 0 fully saturated rings. The number of rotatable bonds is 6. The van der Waals surface area contributed by atoms with Crippen LogP contribution >= 0.6 is 35.0 Å². The van der Waals surface area contributed by atoms with Crippen LogP contribution in [0.2, 0.25) is 10.0 Å². The van der Waals surface area contributed by atoms with E-state index in [9.17, 15) is 9.59 Å². The average Bonchev–Trinajstić information content (AvgIpc) is 3.10. The molecule has 7 nitrogen and oxygen atoms in total. The average molecular weight is 464 g/mol. The van der Waals surface area contributed by atoms with Gasteiger partial charge in [-0.15, -0.1) is 10.2 Å². The molecule has 2 aromatic carbocycles. The summed E-state index contributed by atoms with van der Waals surface area (Å²) in [6, 6.07) is 14.4. The molecule has 0 radical (unpaired) electrons. The van der Waals surface area contributed by atoms with E-state index < -0.39 is 17.2 Å². The van der Waals surface area contributed by atoms with Crippen molar-refractivity contribution in [3.8, 4) is 11.4 Å². The maximum atomic E-state index is 12.3. The van der Waals surface area contributed by atoms with Crippen LogP contribution in [0.3, 0.4) is 0 Å². The Hall–Kier alpha value is -2.55. The van der Waals surface area contributed by atoms with E-state index in [0.29, 0.717) is 33.1 Å². The van der Waals surface area contributed by atoms with Crippen LogP contribution < -0.4 is 10.6 Å². The molecule has 0 aliphatic rings. The van der Waals surface area contributed by atoms with E-state index in [4.69, 9.17) is 23.2 Å². The number of hydrogen-bond acceptors (Lipinski definition) is 5. The Morgan fingerprint density at radius 1 is 1.13 bits per heavy atom. The summed E-state index contributed by atoms with van der Waals surface area (Å²) >= 11 is 13.6. The van der Waals surface area contributed by atoms with Crippen molar-refractivity contribution in [3.63, 3.8) is 0 Å². The minimum Gasteiger partial charge on any atom is -0.341 e. The van der Waals surface area contributed by atoms with Crippen LogP contribution in [0.1, 0.15) is 12.5 Å². The van der Waals surface area contributed by atoms with E-state index >= 15 is 0 Å². The highest BCUT2D eigenvalue weighted by molar-refractivity contribution is 8.00. The minimum absolute atomic E-state index is 0.431. The Morgan fingerprint density at radius 2 is 1.87 bits per heavy atom. The summed E-state index contributed by atoms with van der Waals surface area (Å²) in [5.74, 6) is 0.126. The molecule has 1 atom stereocenters. The molecule has 10 heteroatoms. The molecule has 3 amide bonds. The number of nitrogens with one attached hydrogen (secondary N) is 2. The van der Waals surface area contributed by atoms with Crippen molar-refractivity contribution in [3.05, 3.63) is 64.1 Å². The van der Waals surface area contributed by atoms with E-state index in [-0.39, 0.29) is 0 Å². The number of imide groups is 1. The predicted molar refractivity (Wildman–Crippen MR) is 119 cm³/mol. The van der Waals surface area contributed by atoms with E-state index in [1.807, 2.05) is 34.9 Å². The normalized spacial score (nSPS) is 11.7. The Labute approximate surface area is 188 Å². The number of amides is 3. The molecule has 30 heavy (non-hydrogen) atoms. The molecule has 156 valence electrons. The van der Waals surface area contributed by atoms with Crippen LogP contribution in [-0.2, 0) is 11.3 Å². The van der Waals surface area contributed by atoms with Gasteiger partial charge >= 0.3 is 6.03 Å². The SMILES string of the molecule is CNC(=O)NC(=O)C(C)Sc1nnc(-c2ccc(Cl)cc2Cl)n1Cc1ccccc1. The van der Waals surface area contributed by atoms with Gasteiger partial charge in [0.15, 0.2) is 11.0 Å². The van der Waals surface area contributed by atoms with Gasteiger partial charge in [0.05, 0.1) is 16.8 Å². The third-order valence-electron chi connectivity index (χ3n) is 4.19. The predicted octanol–water partition coefficient (Wildman–Crippen LogP) is 4.24. The number of halogens is 2. The second-order valence-electron chi connectivity index (χ2n) is 6.33. The van der Waals surface area contributed by atoms with Crippen molar-refractivity contribution in [2.75, 3.05) is 7.05 Å². The first-order valence-electron chi connectivity index (χ1n) is 9.00. The fourth-order valence-electron chi connectivity index (χ4n) is 2.64. The first-order chi connectivity index (χ1) is 14.4. The summed E-state index contributed by atoms with van der Waals surface area (Å²) in [5, 5.41) is 14.1. The van der Waals surface area contributed by atoms with E-state index in [0.717, 1.165) is 5.56 Å². The number of thioether (sulfide) groups is 1. The van der Waals surface area contributed by atoms with Gasteiger partial charge in [0.25, 0.3) is 0 Å². The zero-order chi connectivity index (χ0) is 21.7. The molecule has 3 rings (SSSR count). The van der Waals surface area contributed by atoms with E-state index in [2.05, 4.69) is 20.8 Å². The monoisotopic (exact) mass is 463 g/mol. The third-order valence-corrected chi connectivity index (χ3v) is 5.82. The van der Waals surface area contributed by atoms with Gasteiger partial charge in [-0.05, 0) is 30.7 Å². The molecule has 0 spiro atoms. The second-order valence-corrected chi connectivity index (χ2v) is 8.48. The van der Waals surface area contributed by atoms with Crippen molar-refractivity contribution in [2.45, 2.75) is 23.9 Å². The van der Waals surface area contributed by atoms with Crippen LogP contribution in [0, 0.1) is 0 Å². The van der Waals surface area contributed by atoms with Gasteiger partial charge in [-0.3, -0.25) is 14.7 Å². The van der Waals surface area contributed by atoms with Crippen molar-refractivity contribution in [1.82, 2.24) is 25.4 Å². The molecule has 0 aliphatic heterocycles. The summed E-state index contributed by atoms with van der Waals surface area (Å²) in [7, 11) is 1.44. The Bertz CT molecular complexity index is 1060. The van der Waals surface area contributed by atoms with Gasteiger partial charge in [0, 0.05) is 17.6 Å². The number of carbonyl (C=O) groups excluding carboxylic acids is 2. The van der Waals surface area contributed by atoms with Crippen molar-refractivity contribution in [1.29, 1.82) is 0 Å². The van der Waals surface area contributed by atoms with E-state index in [1.165, 1.54) is 18.8 Å². The number of carbonyl (C=O) groups is 2. The van der Waals surface area contributed by atoms with Gasteiger partial charge in [-0.2, -0.15) is 0 Å². The Morgan fingerprint density at radius 3 is 2.53 bits per heavy atom. The van der Waals surface area contributed by atoms with Crippen molar-refractivity contribution >= 4 is 46.9 Å². The van der Waals surface area contributed by atoms with Gasteiger partial charge < -0.3 is 5.32 Å². The zero-order valence-electron chi connectivity index (χ0n) is 16.2. The zero-order valence-corrected chi connectivity index (χ0v) is 18.6. The third kappa shape index (κ3) is 5.33. The molecule has 0 saturated heterocycles. The molecule has 0 saturated carbocycles. The standard InChI is InChI=1S/C20H19Cl2N5O2S/c1-12(18(28)24-19(29)23-2)30-20-26-25-17(15-9-8-14(21)10-16(15)22)27(20)11-13-6-4-3-5-7-13/h3-10,12H,11H2,1-2H3,(H2,23,24,28,29). The van der Waals surface area contributed by atoms with Gasteiger partial charge in [-0.1, -0.05) is 65.3 Å². The molecule has 0 aliphatic carbocycles. The highest BCUT2D eigenvalue weighted by atomic mass is 35.5. The molecule has 1 aromatic heterocycles. The number of benzene rings is 2. The Balaban J connectivity index is 1.95. The summed E-state index contributed by atoms with van der Waals surface area (Å²) in [6.45, 7) is 2.17. The summed E-state index contributed by atoms with van der Waals surface area (Å²) in [4.78, 5) is 23.7.